The van der Waals surface area contributed by atoms with Gasteiger partial charge in [-0.2, -0.15) is 5.10 Å². The minimum absolute atomic E-state index is 0.611. The summed E-state index contributed by atoms with van der Waals surface area (Å²) in [6.45, 7) is 5.36. The maximum atomic E-state index is 4.69. The molecular formula is C17H31N3. The van der Waals surface area contributed by atoms with Gasteiger partial charge in [0.2, 0.25) is 0 Å². The van der Waals surface area contributed by atoms with Gasteiger partial charge >= 0.3 is 0 Å². The van der Waals surface area contributed by atoms with E-state index in [0.29, 0.717) is 6.04 Å². The molecule has 0 bridgehead atoms. The Bertz CT molecular complexity index is 389. The van der Waals surface area contributed by atoms with Crippen molar-refractivity contribution in [2.24, 2.45) is 5.92 Å². The van der Waals surface area contributed by atoms with Gasteiger partial charge in [-0.1, -0.05) is 32.6 Å². The van der Waals surface area contributed by atoms with Crippen LogP contribution in [0.2, 0.25) is 0 Å². The molecular weight excluding hydrogens is 246 g/mol. The molecule has 1 heterocycles. The molecule has 0 radical (unpaired) electrons. The molecule has 0 spiro atoms. The molecule has 0 aliphatic heterocycles. The zero-order valence-corrected chi connectivity index (χ0v) is 13.5. The molecule has 3 heteroatoms. The van der Waals surface area contributed by atoms with Crippen molar-refractivity contribution in [3.8, 4) is 0 Å². The van der Waals surface area contributed by atoms with Crippen LogP contribution in [-0.4, -0.2) is 22.9 Å². The minimum atomic E-state index is 0.611. The van der Waals surface area contributed by atoms with Crippen LogP contribution in [0.25, 0.3) is 0 Å². The highest BCUT2D eigenvalue weighted by Gasteiger charge is 2.23. The number of hydrogen-bond donors (Lipinski definition) is 1. The number of rotatable bonds is 6. The number of nitrogens with one attached hydrogen (secondary N) is 1. The smallest absolute Gasteiger partial charge is 0.0624 e. The molecule has 20 heavy (non-hydrogen) atoms. The average molecular weight is 277 g/mol. The van der Waals surface area contributed by atoms with Gasteiger partial charge in [0.1, 0.15) is 0 Å². The normalized spacial score (nSPS) is 18.9. The predicted molar refractivity (Wildman–Crippen MR) is 85.0 cm³/mol. The first kappa shape index (κ1) is 15.6. The lowest BCUT2D eigenvalue weighted by molar-refractivity contribution is 0.327. The third-order valence-corrected chi connectivity index (χ3v) is 4.84. The van der Waals surface area contributed by atoms with E-state index in [1.54, 1.807) is 0 Å². The summed E-state index contributed by atoms with van der Waals surface area (Å²) in [6, 6.07) is 2.92. The van der Waals surface area contributed by atoms with Crippen molar-refractivity contribution >= 4 is 0 Å². The van der Waals surface area contributed by atoms with Crippen molar-refractivity contribution in [2.45, 2.75) is 77.8 Å². The van der Waals surface area contributed by atoms with Crippen LogP contribution in [0.4, 0.5) is 0 Å². The molecule has 114 valence electrons. The molecule has 0 aromatic carbocycles. The van der Waals surface area contributed by atoms with E-state index >= 15 is 0 Å². The van der Waals surface area contributed by atoms with Crippen LogP contribution < -0.4 is 5.32 Å². The SMILES string of the molecule is CCc1cc(CC(NC)C2CCCCCC2)n(CC)n1. The van der Waals surface area contributed by atoms with Crippen molar-refractivity contribution in [2.75, 3.05) is 7.05 Å². The highest BCUT2D eigenvalue weighted by atomic mass is 15.3. The molecule has 0 amide bonds. The van der Waals surface area contributed by atoms with Gasteiger partial charge in [0.05, 0.1) is 5.69 Å². The third kappa shape index (κ3) is 3.85. The zero-order chi connectivity index (χ0) is 14.4. The van der Waals surface area contributed by atoms with Crippen molar-refractivity contribution < 1.29 is 0 Å². The van der Waals surface area contributed by atoms with Crippen molar-refractivity contribution in [1.82, 2.24) is 15.1 Å². The maximum absolute atomic E-state index is 4.69. The van der Waals surface area contributed by atoms with Gasteiger partial charge < -0.3 is 5.32 Å². The monoisotopic (exact) mass is 277 g/mol. The largest absolute Gasteiger partial charge is 0.316 e. The third-order valence-electron chi connectivity index (χ3n) is 4.84. The molecule has 1 saturated carbocycles. The van der Waals surface area contributed by atoms with Gasteiger partial charge in [0.15, 0.2) is 0 Å². The van der Waals surface area contributed by atoms with Crippen LogP contribution in [0.15, 0.2) is 6.07 Å². The number of aryl methyl sites for hydroxylation is 2. The van der Waals surface area contributed by atoms with Crippen molar-refractivity contribution in [3.63, 3.8) is 0 Å². The fourth-order valence-corrected chi connectivity index (χ4v) is 3.57. The van der Waals surface area contributed by atoms with E-state index < -0.39 is 0 Å². The average Bonchev–Trinajstić information content (AvgIpc) is 2.68. The Hall–Kier alpha value is -0.830. The predicted octanol–water partition coefficient (Wildman–Crippen LogP) is 3.57. The molecule has 1 aliphatic rings. The Balaban J connectivity index is 2.06. The van der Waals surface area contributed by atoms with Crippen LogP contribution in [0.1, 0.15) is 63.8 Å². The number of nitrogens with zero attached hydrogens (tertiary/aromatic N) is 2. The molecule has 1 unspecified atom stereocenters. The molecule has 2 rings (SSSR count). The highest BCUT2D eigenvalue weighted by molar-refractivity contribution is 5.12. The second kappa shape index (κ2) is 7.82. The number of aromatic nitrogens is 2. The first-order valence-corrected chi connectivity index (χ1v) is 8.51. The van der Waals surface area contributed by atoms with Gasteiger partial charge in [-0.3, -0.25) is 4.68 Å². The van der Waals surface area contributed by atoms with Gasteiger partial charge in [0.25, 0.3) is 0 Å². The quantitative estimate of drug-likeness (QED) is 0.806. The molecule has 1 aliphatic carbocycles. The van der Waals surface area contributed by atoms with E-state index in [2.05, 4.69) is 42.1 Å². The van der Waals surface area contributed by atoms with Gasteiger partial charge in [0, 0.05) is 24.7 Å². The van der Waals surface area contributed by atoms with E-state index in [0.717, 1.165) is 25.3 Å². The first-order chi connectivity index (χ1) is 9.78. The van der Waals surface area contributed by atoms with E-state index in [4.69, 9.17) is 0 Å². The summed E-state index contributed by atoms with van der Waals surface area (Å²) in [5.74, 6) is 0.841. The molecule has 1 atom stereocenters. The Kier molecular flexibility index (Phi) is 6.08. The number of likely N-dealkylation sites (N-methyl/N-ethyl adjacent to an activating group) is 1. The Morgan fingerprint density at radius 3 is 2.50 bits per heavy atom. The van der Waals surface area contributed by atoms with E-state index in [1.807, 2.05) is 0 Å². The molecule has 1 N–H and O–H groups in total. The first-order valence-electron chi connectivity index (χ1n) is 8.51. The molecule has 3 nitrogen and oxygen atoms in total. The second-order valence-electron chi connectivity index (χ2n) is 6.15. The minimum Gasteiger partial charge on any atom is -0.316 e. The Morgan fingerprint density at radius 1 is 1.25 bits per heavy atom. The van der Waals surface area contributed by atoms with Gasteiger partial charge in [-0.15, -0.1) is 0 Å². The zero-order valence-electron chi connectivity index (χ0n) is 13.5. The summed E-state index contributed by atoms with van der Waals surface area (Å²) in [4.78, 5) is 0. The summed E-state index contributed by atoms with van der Waals surface area (Å²) >= 11 is 0. The van der Waals surface area contributed by atoms with Gasteiger partial charge in [-0.05, 0) is 45.2 Å². The summed E-state index contributed by atoms with van der Waals surface area (Å²) in [5, 5.41) is 8.27. The van der Waals surface area contributed by atoms with E-state index in [-0.39, 0.29) is 0 Å². The lowest BCUT2D eigenvalue weighted by Gasteiger charge is -2.26. The summed E-state index contributed by atoms with van der Waals surface area (Å²) in [7, 11) is 2.13. The summed E-state index contributed by atoms with van der Waals surface area (Å²) < 4.78 is 2.19. The molecule has 1 aromatic rings. The molecule has 0 saturated heterocycles. The van der Waals surface area contributed by atoms with Crippen LogP contribution >= 0.6 is 0 Å². The van der Waals surface area contributed by atoms with E-state index in [1.165, 1.54) is 49.9 Å². The van der Waals surface area contributed by atoms with Crippen LogP contribution in [0, 0.1) is 5.92 Å². The second-order valence-corrected chi connectivity index (χ2v) is 6.15. The summed E-state index contributed by atoms with van der Waals surface area (Å²) in [5.41, 5.74) is 2.64. The topological polar surface area (TPSA) is 29.9 Å². The van der Waals surface area contributed by atoms with Crippen LogP contribution in [0.5, 0.6) is 0 Å². The molecule has 1 fully saturated rings. The standard InChI is InChI=1S/C17H31N3/c1-4-15-12-16(20(5-2)19-15)13-17(18-3)14-10-8-6-7-9-11-14/h12,14,17-18H,4-11,13H2,1-3H3. The van der Waals surface area contributed by atoms with E-state index in [9.17, 15) is 0 Å². The Morgan fingerprint density at radius 2 is 1.95 bits per heavy atom. The van der Waals surface area contributed by atoms with Crippen LogP contribution in [-0.2, 0) is 19.4 Å². The Labute approximate surface area is 124 Å². The van der Waals surface area contributed by atoms with Crippen molar-refractivity contribution in [3.05, 3.63) is 17.5 Å². The molecule has 1 aromatic heterocycles. The van der Waals surface area contributed by atoms with Crippen LogP contribution in [0.3, 0.4) is 0 Å². The summed E-state index contributed by atoms with van der Waals surface area (Å²) in [6.07, 6.45) is 10.6. The maximum Gasteiger partial charge on any atom is 0.0624 e. The highest BCUT2D eigenvalue weighted by Crippen LogP contribution is 2.27. The van der Waals surface area contributed by atoms with Crippen molar-refractivity contribution in [1.29, 1.82) is 0 Å². The fourth-order valence-electron chi connectivity index (χ4n) is 3.57. The lowest BCUT2D eigenvalue weighted by atomic mass is 9.89. The fraction of sp³-hybridized carbons (Fsp3) is 0.824. The lowest BCUT2D eigenvalue weighted by Crippen LogP contribution is -2.36. The number of hydrogen-bond acceptors (Lipinski definition) is 2. The van der Waals surface area contributed by atoms with Gasteiger partial charge in [-0.25, -0.2) is 0 Å².